The fraction of sp³-hybridized carbons (Fsp3) is 0.485. The lowest BCUT2D eigenvalue weighted by Crippen LogP contribution is -2.33. The van der Waals surface area contributed by atoms with Crippen LogP contribution in [-0.2, 0) is 4.79 Å². The average Bonchev–Trinajstić information content (AvgIpc) is 3.14. The van der Waals surface area contributed by atoms with Gasteiger partial charge in [0.1, 0.15) is 12.4 Å². The number of allylic oxidation sites excluding steroid dienone is 3. The summed E-state index contributed by atoms with van der Waals surface area (Å²) in [5.41, 5.74) is 6.94. The van der Waals surface area contributed by atoms with Gasteiger partial charge < -0.3 is 10.1 Å². The van der Waals surface area contributed by atoms with Crippen LogP contribution in [0.4, 0.5) is 5.69 Å². The van der Waals surface area contributed by atoms with E-state index in [-0.39, 0.29) is 5.91 Å². The van der Waals surface area contributed by atoms with Crippen LogP contribution in [0.1, 0.15) is 74.0 Å². The maximum atomic E-state index is 13.5. The number of aryl methyl sites for hydroxylation is 2. The fourth-order valence-electron chi connectivity index (χ4n) is 6.14. The third-order valence-corrected chi connectivity index (χ3v) is 8.42. The van der Waals surface area contributed by atoms with Crippen molar-refractivity contribution in [1.29, 1.82) is 0 Å². The van der Waals surface area contributed by atoms with Crippen molar-refractivity contribution < 1.29 is 9.53 Å². The standard InChI is InChI=1S/C33H42N2O2/c1-24-9-12-26(13-10-24)27-14-15-28-7-6-8-31(30(28)18-16-27)33(36)34-29-17-11-25(2)32(23-29)37-22-21-35-19-4-3-5-20-35/h9-15,17,23,27-28H,3-8,16,18-22H2,1-2H3,(H,34,36). The lowest BCUT2D eigenvalue weighted by atomic mass is 9.80. The van der Waals surface area contributed by atoms with Crippen LogP contribution in [0.3, 0.4) is 0 Å². The molecule has 5 rings (SSSR count). The van der Waals surface area contributed by atoms with E-state index < -0.39 is 0 Å². The Kier molecular flexibility index (Phi) is 8.45. The number of amides is 1. The number of likely N-dealkylation sites (tertiary alicyclic amines) is 1. The molecule has 0 aromatic heterocycles. The number of nitrogens with zero attached hydrogens (tertiary/aromatic N) is 1. The second kappa shape index (κ2) is 12.1. The molecule has 196 valence electrons. The van der Waals surface area contributed by atoms with Crippen molar-refractivity contribution in [2.24, 2.45) is 5.92 Å². The van der Waals surface area contributed by atoms with E-state index in [0.717, 1.165) is 61.2 Å². The Labute approximate surface area is 222 Å². The van der Waals surface area contributed by atoms with Crippen molar-refractivity contribution >= 4 is 11.6 Å². The van der Waals surface area contributed by atoms with Crippen LogP contribution in [-0.4, -0.2) is 37.0 Å². The Morgan fingerprint density at radius 1 is 0.919 bits per heavy atom. The van der Waals surface area contributed by atoms with Crippen LogP contribution in [0.15, 0.2) is 65.8 Å². The maximum Gasteiger partial charge on any atom is 0.251 e. The first-order valence-corrected chi connectivity index (χ1v) is 14.3. The number of nitrogens with one attached hydrogen (secondary N) is 1. The molecule has 1 saturated heterocycles. The summed E-state index contributed by atoms with van der Waals surface area (Å²) in [6.45, 7) is 8.21. The van der Waals surface area contributed by atoms with Gasteiger partial charge >= 0.3 is 0 Å². The Morgan fingerprint density at radius 3 is 2.51 bits per heavy atom. The molecule has 2 aliphatic carbocycles. The highest BCUT2D eigenvalue weighted by atomic mass is 16.5. The summed E-state index contributed by atoms with van der Waals surface area (Å²) in [6, 6.07) is 15.0. The molecule has 1 heterocycles. The molecule has 2 aromatic carbocycles. The van der Waals surface area contributed by atoms with Crippen molar-refractivity contribution in [3.8, 4) is 5.75 Å². The first-order valence-electron chi connectivity index (χ1n) is 14.3. The molecule has 37 heavy (non-hydrogen) atoms. The second-order valence-corrected chi connectivity index (χ2v) is 11.1. The number of ether oxygens (including phenoxy) is 1. The molecule has 1 N–H and O–H groups in total. The van der Waals surface area contributed by atoms with Gasteiger partial charge in [0.05, 0.1) is 0 Å². The van der Waals surface area contributed by atoms with Crippen LogP contribution >= 0.6 is 0 Å². The minimum Gasteiger partial charge on any atom is -0.492 e. The van der Waals surface area contributed by atoms with E-state index in [9.17, 15) is 4.79 Å². The number of fused-ring (bicyclic) bond motifs is 1. The van der Waals surface area contributed by atoms with Gasteiger partial charge in [-0.3, -0.25) is 9.69 Å². The summed E-state index contributed by atoms with van der Waals surface area (Å²) in [5.74, 6) is 1.73. The molecule has 1 amide bonds. The molecule has 1 fully saturated rings. The summed E-state index contributed by atoms with van der Waals surface area (Å²) in [5, 5.41) is 3.21. The number of rotatable bonds is 7. The van der Waals surface area contributed by atoms with E-state index in [1.54, 1.807) is 0 Å². The first-order chi connectivity index (χ1) is 18.1. The van der Waals surface area contributed by atoms with E-state index in [1.807, 2.05) is 18.2 Å². The van der Waals surface area contributed by atoms with Crippen molar-refractivity contribution in [3.05, 3.63) is 82.5 Å². The zero-order valence-corrected chi connectivity index (χ0v) is 22.6. The Balaban J connectivity index is 1.24. The van der Waals surface area contributed by atoms with Gasteiger partial charge in [0.25, 0.3) is 5.91 Å². The van der Waals surface area contributed by atoms with Crippen molar-refractivity contribution in [1.82, 2.24) is 4.90 Å². The van der Waals surface area contributed by atoms with Gasteiger partial charge in [0, 0.05) is 29.8 Å². The maximum absolute atomic E-state index is 13.5. The number of hydrogen-bond donors (Lipinski definition) is 1. The van der Waals surface area contributed by atoms with Gasteiger partial charge in [-0.25, -0.2) is 0 Å². The lowest BCUT2D eigenvalue weighted by molar-refractivity contribution is -0.113. The first kappa shape index (κ1) is 25.8. The van der Waals surface area contributed by atoms with Crippen LogP contribution in [0.25, 0.3) is 0 Å². The van der Waals surface area contributed by atoms with Crippen LogP contribution in [0.5, 0.6) is 5.75 Å². The third kappa shape index (κ3) is 6.54. The highest BCUT2D eigenvalue weighted by Crippen LogP contribution is 2.40. The van der Waals surface area contributed by atoms with Gasteiger partial charge in [-0.2, -0.15) is 0 Å². The fourth-order valence-corrected chi connectivity index (χ4v) is 6.14. The zero-order valence-electron chi connectivity index (χ0n) is 22.6. The molecule has 0 saturated carbocycles. The molecule has 3 aliphatic rings. The number of carbonyl (C=O) groups is 1. The van der Waals surface area contributed by atoms with Crippen LogP contribution in [0, 0.1) is 19.8 Å². The highest BCUT2D eigenvalue weighted by Gasteiger charge is 2.28. The quantitative estimate of drug-likeness (QED) is 0.406. The van der Waals surface area contributed by atoms with E-state index in [2.05, 4.69) is 60.5 Å². The monoisotopic (exact) mass is 498 g/mol. The molecule has 4 heteroatoms. The number of anilines is 1. The molecule has 0 radical (unpaired) electrons. The molecule has 2 unspecified atom stereocenters. The summed E-state index contributed by atoms with van der Waals surface area (Å²) in [4.78, 5) is 16.0. The van der Waals surface area contributed by atoms with E-state index >= 15 is 0 Å². The molecule has 2 aromatic rings. The smallest absolute Gasteiger partial charge is 0.251 e. The molecular weight excluding hydrogens is 456 g/mol. The van der Waals surface area contributed by atoms with Crippen molar-refractivity contribution in [2.75, 3.05) is 31.6 Å². The molecule has 2 atom stereocenters. The molecular formula is C33H42N2O2. The summed E-state index contributed by atoms with van der Waals surface area (Å²) < 4.78 is 6.16. The highest BCUT2D eigenvalue weighted by molar-refractivity contribution is 6.04. The van der Waals surface area contributed by atoms with Gasteiger partial charge in [-0.05, 0) is 95.0 Å². The zero-order chi connectivity index (χ0) is 25.6. The van der Waals surface area contributed by atoms with Crippen molar-refractivity contribution in [2.45, 2.75) is 71.1 Å². The van der Waals surface area contributed by atoms with E-state index in [0.29, 0.717) is 18.4 Å². The van der Waals surface area contributed by atoms with Gasteiger partial charge in [-0.1, -0.05) is 60.0 Å². The predicted octanol–water partition coefficient (Wildman–Crippen LogP) is 7.34. The summed E-state index contributed by atoms with van der Waals surface area (Å²) >= 11 is 0. The van der Waals surface area contributed by atoms with E-state index in [1.165, 1.54) is 49.1 Å². The Morgan fingerprint density at radius 2 is 1.70 bits per heavy atom. The second-order valence-electron chi connectivity index (χ2n) is 11.1. The van der Waals surface area contributed by atoms with E-state index in [4.69, 9.17) is 4.74 Å². The third-order valence-electron chi connectivity index (χ3n) is 8.42. The normalized spacial score (nSPS) is 22.3. The van der Waals surface area contributed by atoms with Crippen LogP contribution < -0.4 is 10.1 Å². The number of carbonyl (C=O) groups excluding carboxylic acids is 1. The number of benzene rings is 2. The minimum atomic E-state index is 0.0602. The summed E-state index contributed by atoms with van der Waals surface area (Å²) in [7, 11) is 0. The molecule has 0 bridgehead atoms. The van der Waals surface area contributed by atoms with Gasteiger partial charge in [-0.15, -0.1) is 0 Å². The largest absolute Gasteiger partial charge is 0.492 e. The SMILES string of the molecule is Cc1ccc(C2C=CC3CCCC(C(=O)Nc4ccc(C)c(OCCN5CCCCC5)c4)=C3CC2)cc1. The lowest BCUT2D eigenvalue weighted by Gasteiger charge is -2.26. The van der Waals surface area contributed by atoms with Gasteiger partial charge in [0.2, 0.25) is 0 Å². The minimum absolute atomic E-state index is 0.0602. The molecule has 0 spiro atoms. The predicted molar refractivity (Wildman–Crippen MR) is 152 cm³/mol. The summed E-state index contributed by atoms with van der Waals surface area (Å²) in [6.07, 6.45) is 13.8. The number of hydrogen-bond acceptors (Lipinski definition) is 3. The van der Waals surface area contributed by atoms with Crippen LogP contribution in [0.2, 0.25) is 0 Å². The molecule has 4 nitrogen and oxygen atoms in total. The number of piperidine rings is 1. The average molecular weight is 499 g/mol. The molecule has 1 aliphatic heterocycles. The Hall–Kier alpha value is -2.85. The van der Waals surface area contributed by atoms with Gasteiger partial charge in [0.15, 0.2) is 0 Å². The Bertz CT molecular complexity index is 1140. The van der Waals surface area contributed by atoms with Crippen molar-refractivity contribution in [3.63, 3.8) is 0 Å². The topological polar surface area (TPSA) is 41.6 Å².